The fourth-order valence-electron chi connectivity index (χ4n) is 1.64. The van der Waals surface area contributed by atoms with Gasteiger partial charge in [-0.15, -0.1) is 0 Å². The molecule has 0 amide bonds. The summed E-state index contributed by atoms with van der Waals surface area (Å²) in [7, 11) is 0. The number of unbranched alkanes of at least 4 members (excludes halogenated alkanes) is 1. The molecule has 0 saturated heterocycles. The molecule has 0 heterocycles. The molecule has 0 spiro atoms. The third-order valence-corrected chi connectivity index (χ3v) is 2.76. The van der Waals surface area contributed by atoms with E-state index in [1.807, 2.05) is 6.07 Å². The van der Waals surface area contributed by atoms with Gasteiger partial charge < -0.3 is 0 Å². The molecule has 1 aromatic rings. The number of benzene rings is 1. The summed E-state index contributed by atoms with van der Waals surface area (Å²) in [6, 6.07) is 10.4. The zero-order valence-electron chi connectivity index (χ0n) is 9.09. The van der Waals surface area contributed by atoms with Gasteiger partial charge in [-0.05, 0) is 18.9 Å². The van der Waals surface area contributed by atoms with Crippen LogP contribution in [0.15, 0.2) is 30.3 Å². The molecule has 0 aliphatic rings. The molecule has 0 aliphatic carbocycles. The molecular formula is C12H20N2. The molecule has 0 radical (unpaired) electrons. The highest BCUT2D eigenvalue weighted by Crippen LogP contribution is 2.25. The lowest BCUT2D eigenvalue weighted by molar-refractivity contribution is 0.336. The lowest BCUT2D eigenvalue weighted by Gasteiger charge is -2.29. The second-order valence-corrected chi connectivity index (χ2v) is 3.95. The summed E-state index contributed by atoms with van der Waals surface area (Å²) in [4.78, 5) is 0. The van der Waals surface area contributed by atoms with Gasteiger partial charge in [-0.1, -0.05) is 50.1 Å². The number of hydrogen-bond donors (Lipinski definition) is 2. The first-order valence-corrected chi connectivity index (χ1v) is 5.26. The fraction of sp³-hybridized carbons (Fsp3) is 0.500. The van der Waals surface area contributed by atoms with Crippen LogP contribution in [0.4, 0.5) is 0 Å². The minimum absolute atomic E-state index is 0.0860. The lowest BCUT2D eigenvalue weighted by Crippen LogP contribution is -2.44. The Labute approximate surface area is 86.5 Å². The average molecular weight is 192 g/mol. The first-order chi connectivity index (χ1) is 6.73. The van der Waals surface area contributed by atoms with Crippen LogP contribution in [0.1, 0.15) is 38.7 Å². The predicted molar refractivity (Wildman–Crippen MR) is 60.6 cm³/mol. The van der Waals surface area contributed by atoms with Gasteiger partial charge in [0.15, 0.2) is 0 Å². The van der Waals surface area contributed by atoms with Gasteiger partial charge in [0.2, 0.25) is 0 Å². The van der Waals surface area contributed by atoms with Crippen LogP contribution in [0, 0.1) is 0 Å². The summed E-state index contributed by atoms with van der Waals surface area (Å²) in [5.41, 5.74) is 4.10. The van der Waals surface area contributed by atoms with Crippen molar-refractivity contribution in [2.45, 2.75) is 38.6 Å². The molecule has 2 heteroatoms. The van der Waals surface area contributed by atoms with Crippen molar-refractivity contribution in [1.82, 2.24) is 5.43 Å². The van der Waals surface area contributed by atoms with Gasteiger partial charge in [-0.25, -0.2) is 0 Å². The summed E-state index contributed by atoms with van der Waals surface area (Å²) in [6.45, 7) is 4.35. The van der Waals surface area contributed by atoms with Crippen LogP contribution < -0.4 is 11.3 Å². The molecule has 0 bridgehead atoms. The highest BCUT2D eigenvalue weighted by Gasteiger charge is 2.23. The van der Waals surface area contributed by atoms with Gasteiger partial charge in [0, 0.05) is 0 Å². The van der Waals surface area contributed by atoms with Crippen molar-refractivity contribution in [2.75, 3.05) is 0 Å². The minimum atomic E-state index is -0.0860. The third-order valence-electron chi connectivity index (χ3n) is 2.76. The van der Waals surface area contributed by atoms with Gasteiger partial charge in [0.1, 0.15) is 0 Å². The van der Waals surface area contributed by atoms with E-state index in [0.29, 0.717) is 0 Å². The second-order valence-electron chi connectivity index (χ2n) is 3.95. The normalized spacial score (nSPS) is 15.1. The summed E-state index contributed by atoms with van der Waals surface area (Å²) in [6.07, 6.45) is 3.46. The molecule has 14 heavy (non-hydrogen) atoms. The Morgan fingerprint density at radius 3 is 2.43 bits per heavy atom. The average Bonchev–Trinajstić information content (AvgIpc) is 2.27. The van der Waals surface area contributed by atoms with E-state index in [2.05, 4.69) is 43.5 Å². The molecule has 0 aliphatic heterocycles. The van der Waals surface area contributed by atoms with Crippen molar-refractivity contribution in [2.24, 2.45) is 5.84 Å². The van der Waals surface area contributed by atoms with Gasteiger partial charge in [0.25, 0.3) is 0 Å². The molecular weight excluding hydrogens is 172 g/mol. The maximum Gasteiger partial charge on any atom is 0.0541 e. The molecule has 78 valence electrons. The molecule has 3 N–H and O–H groups in total. The Balaban J connectivity index is 2.79. The molecule has 1 aromatic carbocycles. The van der Waals surface area contributed by atoms with Crippen molar-refractivity contribution >= 4 is 0 Å². The van der Waals surface area contributed by atoms with Crippen LogP contribution in [0.25, 0.3) is 0 Å². The van der Waals surface area contributed by atoms with E-state index in [1.54, 1.807) is 0 Å². The van der Waals surface area contributed by atoms with E-state index in [4.69, 9.17) is 5.84 Å². The summed E-state index contributed by atoms with van der Waals surface area (Å²) >= 11 is 0. The topological polar surface area (TPSA) is 38.0 Å². The fourth-order valence-corrected chi connectivity index (χ4v) is 1.64. The van der Waals surface area contributed by atoms with Crippen LogP contribution in [0.3, 0.4) is 0 Å². The molecule has 1 atom stereocenters. The smallest absolute Gasteiger partial charge is 0.0541 e. The van der Waals surface area contributed by atoms with Crippen LogP contribution in [-0.4, -0.2) is 0 Å². The van der Waals surface area contributed by atoms with Crippen LogP contribution in [0.5, 0.6) is 0 Å². The van der Waals surface area contributed by atoms with Crippen LogP contribution in [-0.2, 0) is 5.54 Å². The van der Waals surface area contributed by atoms with Gasteiger partial charge >= 0.3 is 0 Å². The lowest BCUT2D eigenvalue weighted by atomic mass is 9.88. The quantitative estimate of drug-likeness (QED) is 0.556. The maximum atomic E-state index is 5.63. The number of nitrogens with two attached hydrogens (primary N) is 1. The number of nitrogens with one attached hydrogen (secondary N) is 1. The molecule has 1 unspecified atom stereocenters. The van der Waals surface area contributed by atoms with Gasteiger partial charge in [-0.2, -0.15) is 0 Å². The molecule has 1 rings (SSSR count). The number of rotatable bonds is 5. The Hall–Kier alpha value is -0.860. The van der Waals surface area contributed by atoms with E-state index in [9.17, 15) is 0 Å². The highest BCUT2D eigenvalue weighted by atomic mass is 15.3. The SMILES string of the molecule is CCCCC(C)(NN)c1ccccc1. The molecule has 0 saturated carbocycles. The minimum Gasteiger partial charge on any atom is -0.271 e. The second kappa shape index (κ2) is 5.13. The number of hydrogen-bond acceptors (Lipinski definition) is 2. The standard InChI is InChI=1S/C12H20N2/c1-3-4-10-12(2,14-13)11-8-6-5-7-9-11/h5-9,14H,3-4,10,13H2,1-2H3. The largest absolute Gasteiger partial charge is 0.271 e. The van der Waals surface area contributed by atoms with E-state index in [0.717, 1.165) is 6.42 Å². The zero-order valence-corrected chi connectivity index (χ0v) is 9.09. The van der Waals surface area contributed by atoms with Crippen molar-refractivity contribution < 1.29 is 0 Å². The van der Waals surface area contributed by atoms with E-state index in [1.165, 1.54) is 18.4 Å². The summed E-state index contributed by atoms with van der Waals surface area (Å²) in [5.74, 6) is 5.63. The first kappa shape index (κ1) is 11.2. The Kier molecular flexibility index (Phi) is 4.11. The molecule has 0 fully saturated rings. The maximum absolute atomic E-state index is 5.63. The van der Waals surface area contributed by atoms with Gasteiger partial charge in [-0.3, -0.25) is 11.3 Å². The van der Waals surface area contributed by atoms with E-state index < -0.39 is 0 Å². The summed E-state index contributed by atoms with van der Waals surface area (Å²) < 4.78 is 0. The van der Waals surface area contributed by atoms with Crippen molar-refractivity contribution in [3.63, 3.8) is 0 Å². The Morgan fingerprint density at radius 1 is 1.29 bits per heavy atom. The Bertz CT molecular complexity index is 258. The Morgan fingerprint density at radius 2 is 1.93 bits per heavy atom. The highest BCUT2D eigenvalue weighted by molar-refractivity contribution is 5.23. The number of hydrazine groups is 1. The monoisotopic (exact) mass is 192 g/mol. The summed E-state index contributed by atoms with van der Waals surface area (Å²) in [5, 5.41) is 0. The van der Waals surface area contributed by atoms with Crippen molar-refractivity contribution in [3.05, 3.63) is 35.9 Å². The molecule has 2 nitrogen and oxygen atoms in total. The van der Waals surface area contributed by atoms with Crippen LogP contribution >= 0.6 is 0 Å². The molecule has 0 aromatic heterocycles. The van der Waals surface area contributed by atoms with Crippen molar-refractivity contribution in [3.8, 4) is 0 Å². The first-order valence-electron chi connectivity index (χ1n) is 5.26. The van der Waals surface area contributed by atoms with E-state index in [-0.39, 0.29) is 5.54 Å². The third kappa shape index (κ3) is 2.56. The van der Waals surface area contributed by atoms with Crippen LogP contribution in [0.2, 0.25) is 0 Å². The zero-order chi connectivity index (χ0) is 10.4. The van der Waals surface area contributed by atoms with Crippen molar-refractivity contribution in [1.29, 1.82) is 0 Å². The van der Waals surface area contributed by atoms with Gasteiger partial charge in [0.05, 0.1) is 5.54 Å². The van der Waals surface area contributed by atoms with E-state index >= 15 is 0 Å². The predicted octanol–water partition coefficient (Wildman–Crippen LogP) is 2.56.